The molecule has 0 N–H and O–H groups in total. The summed E-state index contributed by atoms with van der Waals surface area (Å²) < 4.78 is 7.45. The minimum Gasteiger partial charge on any atom is -0.381 e. The molecule has 3 rings (SSSR count). The van der Waals surface area contributed by atoms with Gasteiger partial charge in [0, 0.05) is 25.7 Å². The Labute approximate surface area is 99.9 Å². The average molecular weight is 242 g/mol. The lowest BCUT2D eigenvalue weighted by Gasteiger charge is -2.10. The van der Waals surface area contributed by atoms with Crippen molar-refractivity contribution in [2.75, 3.05) is 13.2 Å². The predicted octanol–water partition coefficient (Wildman–Crippen LogP) is 2.24. The fraction of sp³-hybridized carbons (Fsp3) is 0.818. The third kappa shape index (κ3) is 2.09. The van der Waals surface area contributed by atoms with Crippen LogP contribution in [-0.2, 0) is 11.3 Å². The second kappa shape index (κ2) is 4.34. The summed E-state index contributed by atoms with van der Waals surface area (Å²) in [5.41, 5.74) is 0. The van der Waals surface area contributed by atoms with Crippen LogP contribution in [-0.4, -0.2) is 28.0 Å². The number of aromatic nitrogens is 3. The Bertz CT molecular complexity index is 369. The largest absolute Gasteiger partial charge is 0.381 e. The predicted molar refractivity (Wildman–Crippen MR) is 60.6 cm³/mol. The molecule has 1 aliphatic carbocycles. The molecule has 1 unspecified atom stereocenters. The lowest BCUT2D eigenvalue weighted by molar-refractivity contribution is 0.183. The van der Waals surface area contributed by atoms with Crippen molar-refractivity contribution < 1.29 is 4.74 Å². The van der Waals surface area contributed by atoms with E-state index in [1.807, 2.05) is 0 Å². The second-order valence-electron chi connectivity index (χ2n) is 4.77. The van der Waals surface area contributed by atoms with E-state index in [9.17, 15) is 0 Å². The molecule has 2 heterocycles. The molecule has 1 atom stereocenters. The Hall–Kier alpha value is -0.610. The van der Waals surface area contributed by atoms with E-state index in [1.165, 1.54) is 19.3 Å². The molecule has 0 amide bonds. The summed E-state index contributed by atoms with van der Waals surface area (Å²) in [5, 5.41) is 8.69. The smallest absolute Gasteiger partial charge is 0.225 e. The van der Waals surface area contributed by atoms with Crippen molar-refractivity contribution in [2.24, 2.45) is 5.92 Å². The first-order chi connectivity index (χ1) is 7.84. The highest BCUT2D eigenvalue weighted by molar-refractivity contribution is 6.28. The van der Waals surface area contributed by atoms with Gasteiger partial charge in [0.25, 0.3) is 0 Å². The van der Waals surface area contributed by atoms with E-state index in [-0.39, 0.29) is 0 Å². The Morgan fingerprint density at radius 1 is 1.31 bits per heavy atom. The van der Waals surface area contributed by atoms with Crippen LogP contribution in [0.1, 0.15) is 37.4 Å². The minimum atomic E-state index is 0.542. The maximum Gasteiger partial charge on any atom is 0.225 e. The third-order valence-electron chi connectivity index (χ3n) is 3.46. The van der Waals surface area contributed by atoms with E-state index in [2.05, 4.69) is 14.8 Å². The number of hydrogen-bond acceptors (Lipinski definition) is 3. The Morgan fingerprint density at radius 2 is 2.19 bits per heavy atom. The van der Waals surface area contributed by atoms with E-state index < -0.39 is 0 Å². The molecule has 1 saturated heterocycles. The topological polar surface area (TPSA) is 39.9 Å². The molecule has 1 aliphatic heterocycles. The van der Waals surface area contributed by atoms with Crippen LogP contribution >= 0.6 is 11.6 Å². The number of ether oxygens (including phenoxy) is 1. The van der Waals surface area contributed by atoms with Crippen molar-refractivity contribution in [3.63, 3.8) is 0 Å². The molecule has 4 nitrogen and oxygen atoms in total. The van der Waals surface area contributed by atoms with Crippen molar-refractivity contribution in [2.45, 2.75) is 38.1 Å². The zero-order valence-electron chi connectivity index (χ0n) is 9.23. The number of halogens is 1. The molecular formula is C11H16ClN3O. The maximum absolute atomic E-state index is 6.06. The van der Waals surface area contributed by atoms with Gasteiger partial charge in [-0.2, -0.15) is 0 Å². The molecule has 1 saturated carbocycles. The molecule has 0 radical (unpaired) electrons. The zero-order chi connectivity index (χ0) is 11.0. The van der Waals surface area contributed by atoms with Crippen LogP contribution < -0.4 is 0 Å². The van der Waals surface area contributed by atoms with Gasteiger partial charge in [-0.25, -0.2) is 0 Å². The maximum atomic E-state index is 6.06. The summed E-state index contributed by atoms with van der Waals surface area (Å²) in [4.78, 5) is 0. The molecule has 88 valence electrons. The molecule has 1 aromatic heterocycles. The van der Waals surface area contributed by atoms with E-state index >= 15 is 0 Å². The quantitative estimate of drug-likeness (QED) is 0.812. The Balaban J connectivity index is 1.65. The van der Waals surface area contributed by atoms with Crippen LogP contribution in [0.15, 0.2) is 0 Å². The van der Waals surface area contributed by atoms with Crippen molar-refractivity contribution in [1.29, 1.82) is 0 Å². The second-order valence-corrected chi connectivity index (χ2v) is 5.11. The first-order valence-electron chi connectivity index (χ1n) is 6.01. The van der Waals surface area contributed by atoms with Gasteiger partial charge in [0.1, 0.15) is 5.82 Å². The summed E-state index contributed by atoms with van der Waals surface area (Å²) in [6.07, 6.45) is 4.78. The Morgan fingerprint density at radius 3 is 2.88 bits per heavy atom. The lowest BCUT2D eigenvalue weighted by Crippen LogP contribution is -2.09. The van der Waals surface area contributed by atoms with E-state index in [0.717, 1.165) is 32.0 Å². The molecule has 0 spiro atoms. The molecular weight excluding hydrogens is 226 g/mol. The zero-order valence-corrected chi connectivity index (χ0v) is 9.99. The number of hydrogen-bond donors (Lipinski definition) is 0. The first kappa shape index (κ1) is 10.5. The standard InChI is InChI=1S/C11H16ClN3O/c12-11-14-13-10(9-1-2-9)15(11)5-3-8-4-6-16-7-8/h8-9H,1-7H2. The molecule has 0 bridgehead atoms. The van der Waals surface area contributed by atoms with Crippen LogP contribution in [0.4, 0.5) is 0 Å². The molecule has 5 heteroatoms. The van der Waals surface area contributed by atoms with E-state index in [1.54, 1.807) is 0 Å². The number of rotatable bonds is 4. The van der Waals surface area contributed by atoms with Gasteiger partial charge >= 0.3 is 0 Å². The SMILES string of the molecule is Clc1nnc(C2CC2)n1CCC1CCOC1. The van der Waals surface area contributed by atoms with Gasteiger partial charge in [-0.05, 0) is 43.2 Å². The lowest BCUT2D eigenvalue weighted by atomic mass is 10.1. The summed E-state index contributed by atoms with van der Waals surface area (Å²) in [6.45, 7) is 2.75. The van der Waals surface area contributed by atoms with Crippen LogP contribution in [0.3, 0.4) is 0 Å². The van der Waals surface area contributed by atoms with Gasteiger partial charge < -0.3 is 9.30 Å². The van der Waals surface area contributed by atoms with Gasteiger partial charge in [-0.1, -0.05) is 0 Å². The molecule has 16 heavy (non-hydrogen) atoms. The van der Waals surface area contributed by atoms with Crippen LogP contribution in [0.2, 0.25) is 5.28 Å². The molecule has 1 aromatic rings. The van der Waals surface area contributed by atoms with Gasteiger partial charge in [0.2, 0.25) is 5.28 Å². The fourth-order valence-corrected chi connectivity index (χ4v) is 2.48. The van der Waals surface area contributed by atoms with Gasteiger partial charge in [0.15, 0.2) is 0 Å². The summed E-state index contributed by atoms with van der Waals surface area (Å²) in [5.74, 6) is 2.38. The highest BCUT2D eigenvalue weighted by Crippen LogP contribution is 2.39. The molecule has 2 aliphatic rings. The molecule has 2 fully saturated rings. The van der Waals surface area contributed by atoms with Crippen LogP contribution in [0.5, 0.6) is 0 Å². The summed E-state index contributed by atoms with van der Waals surface area (Å²) >= 11 is 6.06. The third-order valence-corrected chi connectivity index (χ3v) is 3.74. The fourth-order valence-electron chi connectivity index (χ4n) is 2.27. The molecule has 0 aromatic carbocycles. The van der Waals surface area contributed by atoms with E-state index in [4.69, 9.17) is 16.3 Å². The van der Waals surface area contributed by atoms with Crippen molar-refractivity contribution in [3.05, 3.63) is 11.1 Å². The van der Waals surface area contributed by atoms with Crippen LogP contribution in [0, 0.1) is 5.92 Å². The van der Waals surface area contributed by atoms with E-state index in [0.29, 0.717) is 17.1 Å². The van der Waals surface area contributed by atoms with Gasteiger partial charge in [-0.3, -0.25) is 0 Å². The summed E-state index contributed by atoms with van der Waals surface area (Å²) in [6, 6.07) is 0. The van der Waals surface area contributed by atoms with Gasteiger partial charge in [-0.15, -0.1) is 10.2 Å². The van der Waals surface area contributed by atoms with Crippen LogP contribution in [0.25, 0.3) is 0 Å². The van der Waals surface area contributed by atoms with Crippen molar-refractivity contribution in [1.82, 2.24) is 14.8 Å². The minimum absolute atomic E-state index is 0.542. The van der Waals surface area contributed by atoms with Crippen molar-refractivity contribution in [3.8, 4) is 0 Å². The number of nitrogens with zero attached hydrogens (tertiary/aromatic N) is 3. The Kier molecular flexibility index (Phi) is 2.86. The van der Waals surface area contributed by atoms with Crippen molar-refractivity contribution >= 4 is 11.6 Å². The highest BCUT2D eigenvalue weighted by atomic mass is 35.5. The normalized spacial score (nSPS) is 25.2. The average Bonchev–Trinajstić information content (AvgIpc) is 2.87. The van der Waals surface area contributed by atoms with Gasteiger partial charge in [0.05, 0.1) is 0 Å². The summed E-state index contributed by atoms with van der Waals surface area (Å²) in [7, 11) is 0. The monoisotopic (exact) mass is 241 g/mol. The first-order valence-corrected chi connectivity index (χ1v) is 6.38. The highest BCUT2D eigenvalue weighted by Gasteiger charge is 2.30.